The summed E-state index contributed by atoms with van der Waals surface area (Å²) in [5, 5.41) is 7.23. The van der Waals surface area contributed by atoms with Gasteiger partial charge in [-0.2, -0.15) is 5.10 Å². The third-order valence-corrected chi connectivity index (χ3v) is 1.65. The SMILES string of the molecule is C[C@@H](CN)NCCn1cncn1. The molecule has 0 radical (unpaired) electrons. The number of nitrogens with one attached hydrogen (secondary N) is 1. The van der Waals surface area contributed by atoms with Crippen LogP contribution in [0.5, 0.6) is 0 Å². The van der Waals surface area contributed by atoms with Gasteiger partial charge < -0.3 is 11.1 Å². The molecular formula is C7H15N5. The van der Waals surface area contributed by atoms with Gasteiger partial charge >= 0.3 is 0 Å². The van der Waals surface area contributed by atoms with Gasteiger partial charge in [-0.1, -0.05) is 0 Å². The van der Waals surface area contributed by atoms with Crippen molar-refractivity contribution in [3.05, 3.63) is 12.7 Å². The quantitative estimate of drug-likeness (QED) is 0.606. The van der Waals surface area contributed by atoms with Crippen molar-refractivity contribution >= 4 is 0 Å². The standard InChI is InChI=1S/C7H15N5/c1-7(4-8)10-2-3-12-6-9-5-11-12/h5-7,10H,2-4,8H2,1H3/t7-/m0/s1. The fourth-order valence-electron chi connectivity index (χ4n) is 0.857. The lowest BCUT2D eigenvalue weighted by molar-refractivity contribution is 0.499. The molecule has 1 atom stereocenters. The van der Waals surface area contributed by atoms with Gasteiger partial charge in [0.2, 0.25) is 0 Å². The van der Waals surface area contributed by atoms with E-state index >= 15 is 0 Å². The highest BCUT2D eigenvalue weighted by Gasteiger charge is 1.96. The van der Waals surface area contributed by atoms with Crippen LogP contribution in [0.25, 0.3) is 0 Å². The lowest BCUT2D eigenvalue weighted by Gasteiger charge is -2.10. The fourth-order valence-corrected chi connectivity index (χ4v) is 0.857. The number of rotatable bonds is 5. The van der Waals surface area contributed by atoms with Crippen LogP contribution < -0.4 is 11.1 Å². The molecule has 0 bridgehead atoms. The second-order valence-electron chi connectivity index (χ2n) is 2.75. The molecule has 0 spiro atoms. The van der Waals surface area contributed by atoms with Crippen LogP contribution in [0.3, 0.4) is 0 Å². The molecule has 5 heteroatoms. The van der Waals surface area contributed by atoms with Gasteiger partial charge in [0.15, 0.2) is 0 Å². The molecule has 0 aliphatic carbocycles. The molecular weight excluding hydrogens is 154 g/mol. The van der Waals surface area contributed by atoms with Crippen molar-refractivity contribution < 1.29 is 0 Å². The molecule has 1 heterocycles. The van der Waals surface area contributed by atoms with E-state index in [1.165, 1.54) is 6.33 Å². The maximum absolute atomic E-state index is 5.43. The molecule has 3 N–H and O–H groups in total. The minimum absolute atomic E-state index is 0.369. The van der Waals surface area contributed by atoms with Crippen LogP contribution in [0, 0.1) is 0 Å². The first-order valence-electron chi connectivity index (χ1n) is 4.09. The van der Waals surface area contributed by atoms with Crippen LogP contribution in [-0.4, -0.2) is 33.9 Å². The smallest absolute Gasteiger partial charge is 0.137 e. The highest BCUT2D eigenvalue weighted by Crippen LogP contribution is 1.80. The lowest BCUT2D eigenvalue weighted by Crippen LogP contribution is -2.35. The average Bonchev–Trinajstić information content (AvgIpc) is 2.57. The summed E-state index contributed by atoms with van der Waals surface area (Å²) in [6.45, 7) is 4.44. The molecule has 68 valence electrons. The Labute approximate surface area is 72.0 Å². The summed E-state index contributed by atoms with van der Waals surface area (Å²) in [4.78, 5) is 3.84. The monoisotopic (exact) mass is 169 g/mol. The van der Waals surface area contributed by atoms with Crippen molar-refractivity contribution in [1.82, 2.24) is 20.1 Å². The van der Waals surface area contributed by atoms with E-state index in [0.29, 0.717) is 12.6 Å². The summed E-state index contributed by atoms with van der Waals surface area (Å²) >= 11 is 0. The normalized spacial score (nSPS) is 13.2. The van der Waals surface area contributed by atoms with Crippen molar-refractivity contribution in [2.75, 3.05) is 13.1 Å². The molecule has 1 aromatic heterocycles. The van der Waals surface area contributed by atoms with Gasteiger partial charge in [-0.25, -0.2) is 4.98 Å². The number of hydrogen-bond acceptors (Lipinski definition) is 4. The van der Waals surface area contributed by atoms with Crippen LogP contribution >= 0.6 is 0 Å². The van der Waals surface area contributed by atoms with Crippen molar-refractivity contribution in [1.29, 1.82) is 0 Å². The average molecular weight is 169 g/mol. The van der Waals surface area contributed by atoms with Crippen molar-refractivity contribution in [2.24, 2.45) is 5.73 Å². The van der Waals surface area contributed by atoms with Crippen LogP contribution in [0.4, 0.5) is 0 Å². The molecule has 0 fully saturated rings. The van der Waals surface area contributed by atoms with E-state index in [4.69, 9.17) is 5.73 Å². The van der Waals surface area contributed by atoms with Gasteiger partial charge in [-0.15, -0.1) is 0 Å². The molecule has 0 saturated heterocycles. The predicted molar refractivity (Wildman–Crippen MR) is 46.5 cm³/mol. The van der Waals surface area contributed by atoms with Crippen LogP contribution in [0.1, 0.15) is 6.92 Å². The van der Waals surface area contributed by atoms with Crippen LogP contribution in [0.15, 0.2) is 12.7 Å². The Hall–Kier alpha value is -0.940. The van der Waals surface area contributed by atoms with Gasteiger partial charge in [0.25, 0.3) is 0 Å². The molecule has 5 nitrogen and oxygen atoms in total. The molecule has 1 rings (SSSR count). The lowest BCUT2D eigenvalue weighted by atomic mass is 10.3. The Morgan fingerprint density at radius 2 is 2.50 bits per heavy atom. The summed E-state index contributed by atoms with van der Waals surface area (Å²) < 4.78 is 1.79. The second-order valence-corrected chi connectivity index (χ2v) is 2.75. The number of aromatic nitrogens is 3. The van der Waals surface area contributed by atoms with Crippen molar-refractivity contribution in [2.45, 2.75) is 19.5 Å². The van der Waals surface area contributed by atoms with Crippen LogP contribution in [0.2, 0.25) is 0 Å². The first kappa shape index (κ1) is 9.15. The third-order valence-electron chi connectivity index (χ3n) is 1.65. The molecule has 0 aliphatic heterocycles. The molecule has 0 amide bonds. The fraction of sp³-hybridized carbons (Fsp3) is 0.714. The summed E-state index contributed by atoms with van der Waals surface area (Å²) in [6.07, 6.45) is 3.24. The molecule has 0 unspecified atom stereocenters. The zero-order valence-corrected chi connectivity index (χ0v) is 7.27. The molecule has 0 aromatic carbocycles. The maximum Gasteiger partial charge on any atom is 0.137 e. The topological polar surface area (TPSA) is 68.8 Å². The summed E-state index contributed by atoms with van der Waals surface area (Å²) in [7, 11) is 0. The first-order chi connectivity index (χ1) is 5.83. The van der Waals surface area contributed by atoms with Gasteiger partial charge in [0.05, 0.1) is 6.54 Å². The molecule has 0 saturated carbocycles. The Morgan fingerprint density at radius 3 is 3.08 bits per heavy atom. The highest BCUT2D eigenvalue weighted by molar-refractivity contribution is 4.62. The predicted octanol–water partition coefficient (Wildman–Crippen LogP) is -0.785. The molecule has 1 aromatic rings. The minimum atomic E-state index is 0.369. The van der Waals surface area contributed by atoms with Crippen molar-refractivity contribution in [3.8, 4) is 0 Å². The Morgan fingerprint density at radius 1 is 1.67 bits per heavy atom. The molecule has 12 heavy (non-hydrogen) atoms. The van der Waals surface area contributed by atoms with E-state index in [1.807, 2.05) is 0 Å². The van der Waals surface area contributed by atoms with E-state index in [2.05, 4.69) is 22.3 Å². The van der Waals surface area contributed by atoms with Gasteiger partial charge in [-0.05, 0) is 6.92 Å². The zero-order valence-electron chi connectivity index (χ0n) is 7.27. The van der Waals surface area contributed by atoms with E-state index in [1.54, 1.807) is 11.0 Å². The second kappa shape index (κ2) is 4.84. The van der Waals surface area contributed by atoms with E-state index in [-0.39, 0.29) is 0 Å². The summed E-state index contributed by atoms with van der Waals surface area (Å²) in [5.41, 5.74) is 5.43. The Bertz CT molecular complexity index is 196. The maximum atomic E-state index is 5.43. The first-order valence-corrected chi connectivity index (χ1v) is 4.09. The van der Waals surface area contributed by atoms with E-state index < -0.39 is 0 Å². The van der Waals surface area contributed by atoms with Gasteiger partial charge in [0, 0.05) is 19.1 Å². The van der Waals surface area contributed by atoms with Gasteiger partial charge in [0.1, 0.15) is 12.7 Å². The third kappa shape index (κ3) is 2.98. The number of nitrogens with two attached hydrogens (primary N) is 1. The van der Waals surface area contributed by atoms with Crippen molar-refractivity contribution in [3.63, 3.8) is 0 Å². The summed E-state index contributed by atoms with van der Waals surface area (Å²) in [5.74, 6) is 0. The highest BCUT2D eigenvalue weighted by atomic mass is 15.3. The van der Waals surface area contributed by atoms with Gasteiger partial charge in [-0.3, -0.25) is 4.68 Å². The Balaban J connectivity index is 2.11. The number of hydrogen-bond donors (Lipinski definition) is 2. The molecule has 0 aliphatic rings. The zero-order chi connectivity index (χ0) is 8.81. The van der Waals surface area contributed by atoms with Crippen LogP contribution in [-0.2, 0) is 6.54 Å². The van der Waals surface area contributed by atoms with E-state index in [0.717, 1.165) is 13.1 Å². The number of nitrogens with zero attached hydrogens (tertiary/aromatic N) is 3. The summed E-state index contributed by atoms with van der Waals surface area (Å²) in [6, 6.07) is 0.369. The van der Waals surface area contributed by atoms with E-state index in [9.17, 15) is 0 Å². The minimum Gasteiger partial charge on any atom is -0.329 e. The largest absolute Gasteiger partial charge is 0.329 e. The Kier molecular flexibility index (Phi) is 3.69.